The Kier molecular flexibility index (Phi) is 50.2. The van der Waals surface area contributed by atoms with E-state index in [-0.39, 0.29) is 148 Å². The predicted octanol–water partition coefficient (Wildman–Crippen LogP) is 3.19. The smallest absolute Gasteiger partial charge is 0.778 e. The number of nitrogens with zero attached hydrogens (tertiary/aromatic N) is 5. The second-order valence-corrected chi connectivity index (χ2v) is 64.9. The Bertz CT molecular complexity index is 5130. The molecule has 6 fully saturated rings. The SMILES string of the molecule is CC1=C(c2ccc(C)cc2)C(CCC(P(=O)([O-])O)P(=O)([O-])O)c2cc(O)ccc21.CN(C)CCCCC(O)(P(C)(=O)O)P(=O)(O)O.CP(=O)(O)C(CCCN=C(N)N)P(=O)(O)O.CP(=O)(O)C(N1CCC2(CCCCC2)CC1)P(=O)(O)O.CP(=O)(O)C(O)(CNC1CCCCC1)P(=O)(O)O.C[C@H]1CC[C@H]2[C@@H]3CCc4cc(OCC(=O)N5CCN(C(P(=O)(O)O)P(=O)(O)O)CC5)ccc4[C@H]3CC[C@]12C.[Na+].[Na+]. The number of hydrogen-bond acceptors (Lipinski definition) is 24. The first-order valence-electron chi connectivity index (χ1n) is 45.5. The first kappa shape index (κ1) is 132. The third-order valence-corrected chi connectivity index (χ3v) is 53.5. The Morgan fingerprint density at radius 2 is 1.10 bits per heavy atom. The fourth-order valence-corrected chi connectivity index (χ4v) is 38.5. The third kappa shape index (κ3) is 37.2. The molecule has 6 aliphatic carbocycles. The van der Waals surface area contributed by atoms with Crippen LogP contribution in [0.15, 0.2) is 65.7 Å². The van der Waals surface area contributed by atoms with Gasteiger partial charge in [0.15, 0.2) is 18.1 Å². The molecule has 26 N–H and O–H groups in total. The van der Waals surface area contributed by atoms with Crippen molar-refractivity contribution in [1.82, 2.24) is 24.9 Å². The number of aryl methyl sites for hydroxylation is 2. The molecular formula is C81H146N8Na2O37P12. The largest absolute Gasteiger partial charge is 1.00 e. The molecule has 140 heavy (non-hydrogen) atoms. The van der Waals surface area contributed by atoms with E-state index in [0.717, 1.165) is 134 Å². The quantitative estimate of drug-likeness (QED) is 0.0137. The van der Waals surface area contributed by atoms with Gasteiger partial charge in [-0.25, -0.2) is 0 Å². The maximum Gasteiger partial charge on any atom is 1.00 e. The van der Waals surface area contributed by atoms with Crippen LogP contribution < -0.4 is 90.4 Å². The van der Waals surface area contributed by atoms with Crippen LogP contribution in [0.1, 0.15) is 220 Å². The maximum atomic E-state index is 12.8. The molecule has 0 radical (unpaired) electrons. The van der Waals surface area contributed by atoms with E-state index in [4.69, 9.17) is 45.6 Å². The van der Waals surface area contributed by atoms with Gasteiger partial charge in [-0.3, -0.25) is 65.2 Å². The fraction of sp³-hybridized carbons (Fsp3) is 0.728. The summed E-state index contributed by atoms with van der Waals surface area (Å²) in [7, 11) is -52.7. The molecule has 794 valence electrons. The van der Waals surface area contributed by atoms with Crippen LogP contribution in [0.25, 0.3) is 11.1 Å². The van der Waals surface area contributed by atoms with Crippen LogP contribution in [0.4, 0.5) is 0 Å². The number of phenolic OH excluding ortho intramolecular Hbond substituents is 1. The Balaban J connectivity index is 0.000000362. The number of hydrogen-bond donors (Lipinski definition) is 24. The molecule has 2 aliphatic heterocycles. The van der Waals surface area contributed by atoms with Gasteiger partial charge in [0.25, 0.3) is 11.0 Å². The first-order chi connectivity index (χ1) is 62.9. The molecule has 16 atom stereocenters. The predicted molar refractivity (Wildman–Crippen MR) is 521 cm³/mol. The number of carbonyl (C=O) groups excluding carboxylic acids is 1. The molecule has 0 bridgehead atoms. The summed E-state index contributed by atoms with van der Waals surface area (Å²) in [4.78, 5) is 212. The minimum Gasteiger partial charge on any atom is -0.778 e. The van der Waals surface area contributed by atoms with E-state index in [1.165, 1.54) is 80.2 Å². The van der Waals surface area contributed by atoms with Crippen molar-refractivity contribution in [3.8, 4) is 11.5 Å². The summed E-state index contributed by atoms with van der Waals surface area (Å²) >= 11 is 0. The van der Waals surface area contributed by atoms with Crippen molar-refractivity contribution in [3.05, 3.63) is 94.0 Å². The summed E-state index contributed by atoms with van der Waals surface area (Å²) in [5.74, 6) is 2.89. The Labute approximate surface area is 863 Å². The van der Waals surface area contributed by atoms with Crippen molar-refractivity contribution < 1.29 is 237 Å². The topological polar surface area (TPSA) is 791 Å². The monoisotopic (exact) mass is 2240 g/mol. The zero-order chi connectivity index (χ0) is 105. The van der Waals surface area contributed by atoms with Crippen LogP contribution in [0, 0.1) is 35.5 Å². The first-order valence-corrected chi connectivity index (χ1v) is 67.3. The molecule has 4 saturated carbocycles. The number of likely N-dealkylation sites (tertiary alicyclic amines) is 1. The number of carbonyl (C=O) groups is 1. The number of nitrogens with two attached hydrogens (primary N) is 2. The van der Waals surface area contributed by atoms with Crippen LogP contribution in [0.3, 0.4) is 0 Å². The third-order valence-electron chi connectivity index (χ3n) is 28.1. The van der Waals surface area contributed by atoms with E-state index < -0.39 is 148 Å². The number of ether oxygens (including phenoxy) is 1. The molecule has 1 amide bonds. The number of nitrogens with one attached hydrogen (secondary N) is 1. The van der Waals surface area contributed by atoms with Gasteiger partial charge < -0.3 is 154 Å². The maximum absolute atomic E-state index is 12.8. The standard InChI is InChI=1S/C26H40N2O8P2.C20H24O7P2.C12H25NO5P2.C9H21NO6P2.C8H21NO6P2.C6H17N3O5P2.2Na/c1-17-3-8-23-22-6-4-18-15-19(5-7-20(18)21(22)9-10-26(17,23)2)36-16-24(29)27-11-13-28(14-12-27)25(37(30,31)32)38(33,34)35;1-12-3-5-14(6-4-12)20-13(2)16-8-7-15(21)11-18(16)17(20)9-10-19(28(22,23)24)29(25,26)27;1-19(14,15)11(20(16,17)18)13-9-7-12(8-10-13)5-3-2-4-6-12;1-17(12,13)9(11,18(14,15)16)7-10-8-5-3-2-4-6-8;1-9(2)7-5-4-6-8(10,16(3,11)12)17(13,14)15;1-15(10,11)5(16(12,13)14)3-2-4-9-6(7)8;;/h5,7,15,17,21-23,25H,3-4,6,8-14,16H2,1-2H3,(H2,30,31,32)(H2,33,34,35);3-8,11,17,19,21H,9-10H2,1-2H3,(H2,22,23,24)(H2,25,26,27);11H,2-10H2,1H3,(H,14,15)(H2,16,17,18);8,10-11H,2-7H2,1H3,(H,12,13)(H2,14,15,16);10H,4-7H2,1-3H3,(H,11,12)(H2,13,14,15);5H,2-4H2,1H3,(H,10,11)(H4,7,8,9)(H2,12,13,14);;/q;;;;;;2*+1/p-2/t17-,21+,22+,23-,26+;;;;;;;/m0......./s1. The second kappa shape index (κ2) is 53.3. The summed E-state index contributed by atoms with van der Waals surface area (Å²) in [5.41, 5.74) is 15.4. The molecule has 2 saturated heterocycles. The van der Waals surface area contributed by atoms with Crippen molar-refractivity contribution in [2.75, 3.05) is 106 Å². The zero-order valence-corrected chi connectivity index (χ0v) is 96.2. The van der Waals surface area contributed by atoms with Crippen LogP contribution in [0.5, 0.6) is 11.5 Å². The number of fused-ring (bicyclic) bond motifs is 6. The van der Waals surface area contributed by atoms with Crippen LogP contribution >= 0.6 is 90.2 Å². The van der Waals surface area contributed by atoms with Crippen molar-refractivity contribution in [3.63, 3.8) is 0 Å². The molecule has 59 heteroatoms. The molecule has 11 rings (SSSR count). The number of phenols is 1. The zero-order valence-electron chi connectivity index (χ0n) is 81.5. The molecule has 2 heterocycles. The van der Waals surface area contributed by atoms with E-state index in [0.29, 0.717) is 48.6 Å². The van der Waals surface area contributed by atoms with Gasteiger partial charge in [0, 0.05) is 91.0 Å². The van der Waals surface area contributed by atoms with E-state index in [2.05, 4.69) is 36.3 Å². The van der Waals surface area contributed by atoms with E-state index >= 15 is 0 Å². The Morgan fingerprint density at radius 3 is 1.57 bits per heavy atom. The average molecular weight is 2240 g/mol. The molecular weight excluding hydrogens is 2090 g/mol. The van der Waals surface area contributed by atoms with Gasteiger partial charge in [-0.15, -0.1) is 0 Å². The molecule has 1 spiro atoms. The van der Waals surface area contributed by atoms with Gasteiger partial charge in [0.2, 0.25) is 40.1 Å². The molecule has 11 unspecified atom stereocenters. The number of guanidine groups is 1. The van der Waals surface area contributed by atoms with Gasteiger partial charge in [-0.05, 0) is 254 Å². The second-order valence-electron chi connectivity index (χ2n) is 38.8. The van der Waals surface area contributed by atoms with E-state index in [9.17, 15) is 143 Å². The van der Waals surface area contributed by atoms with Gasteiger partial charge in [-0.1, -0.05) is 94.3 Å². The van der Waals surface area contributed by atoms with Gasteiger partial charge >= 0.3 is 105 Å². The number of amides is 1. The number of unbranched alkanes of at least 4 members (excludes halogenated alkanes) is 1. The number of aliphatic hydroxyl groups is 2. The fourth-order valence-electron chi connectivity index (χ4n) is 20.4. The van der Waals surface area contributed by atoms with E-state index in [1.54, 1.807) is 23.1 Å². The van der Waals surface area contributed by atoms with Crippen LogP contribution in [0.2, 0.25) is 0 Å². The normalized spacial score (nSPS) is 25.0. The number of benzene rings is 3. The molecule has 3 aromatic rings. The number of piperazine rings is 1. The minimum absolute atomic E-state index is 0. The summed E-state index contributed by atoms with van der Waals surface area (Å²) in [5, 5.41) is 22.8. The van der Waals surface area contributed by atoms with Crippen LogP contribution in [-0.2, 0) is 66.0 Å². The van der Waals surface area contributed by atoms with Crippen LogP contribution in [-0.4, -0.2) is 279 Å². The van der Waals surface area contributed by atoms with Gasteiger partial charge in [-0.2, -0.15) is 0 Å². The molecule has 0 aromatic heterocycles. The van der Waals surface area contributed by atoms with E-state index in [1.807, 2.05) is 63.2 Å². The number of allylic oxidation sites excluding steroid dienone is 2. The summed E-state index contributed by atoms with van der Waals surface area (Å²) in [6.45, 7) is 13.5. The number of aromatic hydroxyl groups is 1. The van der Waals surface area contributed by atoms with Crippen molar-refractivity contribution >= 4 is 113 Å². The summed E-state index contributed by atoms with van der Waals surface area (Å²) < 4.78 is 143. The van der Waals surface area contributed by atoms with Crippen molar-refractivity contribution in [1.29, 1.82) is 0 Å². The van der Waals surface area contributed by atoms with Gasteiger partial charge in [0.05, 0.1) is 5.40 Å². The van der Waals surface area contributed by atoms with Crippen molar-refractivity contribution in [2.24, 2.45) is 45.0 Å². The van der Waals surface area contributed by atoms with Gasteiger partial charge in [0.1, 0.15) is 32.1 Å². The minimum atomic E-state index is -5.30. The molecule has 3 aromatic carbocycles. The number of rotatable bonds is 33. The number of aliphatic imine (C=N–C) groups is 1. The summed E-state index contributed by atoms with van der Waals surface area (Å²) in [6, 6.07) is 18.9. The van der Waals surface area contributed by atoms with Crippen molar-refractivity contribution in [2.45, 2.75) is 238 Å². The Morgan fingerprint density at radius 1 is 0.579 bits per heavy atom. The summed E-state index contributed by atoms with van der Waals surface area (Å²) in [6.07, 6.45) is 20.3. The molecule has 8 aliphatic rings. The average Bonchev–Trinajstić information content (AvgIpc) is 1.55. The Hall–Kier alpha value is -0.540. The molecule has 45 nitrogen and oxygen atoms in total. The number of piperidine rings is 1.